The highest BCUT2D eigenvalue weighted by Gasteiger charge is 2.13. The molecule has 0 fully saturated rings. The molecule has 0 radical (unpaired) electrons. The number of nitrogens with one attached hydrogen (secondary N) is 2. The highest BCUT2D eigenvalue weighted by molar-refractivity contribution is 5.79. The number of aliphatic hydroxyl groups is 1. The fourth-order valence-electron chi connectivity index (χ4n) is 2.74. The normalized spacial score (nSPS) is 13.8. The molecule has 0 spiro atoms. The van der Waals surface area contributed by atoms with Crippen LogP contribution in [0.3, 0.4) is 0 Å². The van der Waals surface area contributed by atoms with Gasteiger partial charge in [-0.2, -0.15) is 0 Å². The predicted octanol–water partition coefficient (Wildman–Crippen LogP) is 2.09. The van der Waals surface area contributed by atoms with E-state index in [1.54, 1.807) is 0 Å². The summed E-state index contributed by atoms with van der Waals surface area (Å²) in [4.78, 5) is 4.39. The number of benzene rings is 2. The SMILES string of the molecule is CCNC(=NCC(O)COc1ccc(F)cc1)NCCc1ccc2c(c1)OCO2. The molecule has 1 aliphatic rings. The number of guanidine groups is 1. The molecule has 29 heavy (non-hydrogen) atoms. The van der Waals surface area contributed by atoms with Gasteiger partial charge in [0.15, 0.2) is 17.5 Å². The van der Waals surface area contributed by atoms with Crippen molar-refractivity contribution in [1.82, 2.24) is 10.6 Å². The van der Waals surface area contributed by atoms with Crippen LogP contribution in [0.1, 0.15) is 12.5 Å². The van der Waals surface area contributed by atoms with E-state index in [9.17, 15) is 9.50 Å². The van der Waals surface area contributed by atoms with Crippen LogP contribution in [0, 0.1) is 5.82 Å². The second-order valence-corrected chi connectivity index (χ2v) is 6.50. The Kier molecular flexibility index (Phi) is 7.52. The van der Waals surface area contributed by atoms with Crippen LogP contribution in [0.15, 0.2) is 47.5 Å². The Labute approximate surface area is 169 Å². The Bertz CT molecular complexity index is 814. The predicted molar refractivity (Wildman–Crippen MR) is 108 cm³/mol. The second kappa shape index (κ2) is 10.5. The molecule has 1 atom stereocenters. The Morgan fingerprint density at radius 2 is 1.97 bits per heavy atom. The van der Waals surface area contributed by atoms with Crippen LogP contribution in [-0.4, -0.2) is 50.2 Å². The van der Waals surface area contributed by atoms with Crippen LogP contribution in [-0.2, 0) is 6.42 Å². The molecule has 3 rings (SSSR count). The molecule has 0 aromatic heterocycles. The van der Waals surface area contributed by atoms with Gasteiger partial charge in [-0.1, -0.05) is 6.07 Å². The third kappa shape index (κ3) is 6.53. The zero-order valence-electron chi connectivity index (χ0n) is 16.4. The first kappa shape index (κ1) is 20.7. The average Bonchev–Trinajstić information content (AvgIpc) is 3.19. The van der Waals surface area contributed by atoms with Crippen LogP contribution in [0.4, 0.5) is 4.39 Å². The Morgan fingerprint density at radius 3 is 2.76 bits per heavy atom. The standard InChI is InChI=1S/C21H26FN3O4/c1-2-23-21(24-10-9-15-3-8-19-20(11-15)29-14-28-19)25-12-17(26)13-27-18-6-4-16(22)5-7-18/h3-8,11,17,26H,2,9-10,12-14H2,1H3,(H2,23,24,25). The van der Waals surface area contributed by atoms with E-state index >= 15 is 0 Å². The Balaban J connectivity index is 1.43. The van der Waals surface area contributed by atoms with Gasteiger partial charge in [0.2, 0.25) is 6.79 Å². The highest BCUT2D eigenvalue weighted by atomic mass is 19.1. The van der Waals surface area contributed by atoms with Crippen molar-refractivity contribution < 1.29 is 23.7 Å². The van der Waals surface area contributed by atoms with Gasteiger partial charge in [0.25, 0.3) is 0 Å². The number of aliphatic imine (C=N–C) groups is 1. The van der Waals surface area contributed by atoms with Gasteiger partial charge >= 0.3 is 0 Å². The lowest BCUT2D eigenvalue weighted by Crippen LogP contribution is -2.39. The number of aliphatic hydroxyl groups excluding tert-OH is 1. The van der Waals surface area contributed by atoms with Crippen molar-refractivity contribution in [3.05, 3.63) is 53.8 Å². The molecular formula is C21H26FN3O4. The fourth-order valence-corrected chi connectivity index (χ4v) is 2.74. The molecule has 0 aliphatic carbocycles. The van der Waals surface area contributed by atoms with Crippen molar-refractivity contribution >= 4 is 5.96 Å². The van der Waals surface area contributed by atoms with E-state index in [0.717, 1.165) is 23.5 Å². The van der Waals surface area contributed by atoms with Gasteiger partial charge in [-0.15, -0.1) is 0 Å². The minimum absolute atomic E-state index is 0.0751. The highest BCUT2D eigenvalue weighted by Crippen LogP contribution is 2.32. The van der Waals surface area contributed by atoms with Gasteiger partial charge in [-0.05, 0) is 55.3 Å². The van der Waals surface area contributed by atoms with E-state index in [1.165, 1.54) is 24.3 Å². The lowest BCUT2D eigenvalue weighted by molar-refractivity contribution is 0.114. The van der Waals surface area contributed by atoms with Crippen molar-refractivity contribution in [2.45, 2.75) is 19.4 Å². The molecule has 0 saturated carbocycles. The maximum absolute atomic E-state index is 12.9. The van der Waals surface area contributed by atoms with E-state index in [0.29, 0.717) is 24.8 Å². The van der Waals surface area contributed by atoms with E-state index in [2.05, 4.69) is 15.6 Å². The summed E-state index contributed by atoms with van der Waals surface area (Å²) in [6.07, 6.45) is 0.0152. The summed E-state index contributed by atoms with van der Waals surface area (Å²) in [5.41, 5.74) is 1.13. The molecule has 1 unspecified atom stereocenters. The third-order valence-electron chi connectivity index (χ3n) is 4.20. The summed E-state index contributed by atoms with van der Waals surface area (Å²) < 4.78 is 29.0. The summed E-state index contributed by atoms with van der Waals surface area (Å²) in [6, 6.07) is 11.6. The summed E-state index contributed by atoms with van der Waals surface area (Å²) >= 11 is 0. The number of rotatable bonds is 9. The first-order chi connectivity index (χ1) is 14.1. The largest absolute Gasteiger partial charge is 0.491 e. The number of fused-ring (bicyclic) bond motifs is 1. The lowest BCUT2D eigenvalue weighted by atomic mass is 10.1. The van der Waals surface area contributed by atoms with Crippen LogP contribution in [0.5, 0.6) is 17.2 Å². The van der Waals surface area contributed by atoms with Gasteiger partial charge in [0.1, 0.15) is 24.3 Å². The maximum Gasteiger partial charge on any atom is 0.231 e. The van der Waals surface area contributed by atoms with Crippen LogP contribution in [0.2, 0.25) is 0 Å². The fraction of sp³-hybridized carbons (Fsp3) is 0.381. The molecular weight excluding hydrogens is 377 g/mol. The van der Waals surface area contributed by atoms with E-state index in [4.69, 9.17) is 14.2 Å². The molecule has 2 aromatic carbocycles. The van der Waals surface area contributed by atoms with Crippen LogP contribution in [0.25, 0.3) is 0 Å². The molecule has 0 saturated heterocycles. The molecule has 1 aliphatic heterocycles. The molecule has 8 heteroatoms. The summed E-state index contributed by atoms with van der Waals surface area (Å²) in [7, 11) is 0. The van der Waals surface area contributed by atoms with Gasteiger partial charge in [-0.25, -0.2) is 4.39 Å². The third-order valence-corrected chi connectivity index (χ3v) is 4.20. The molecule has 7 nitrogen and oxygen atoms in total. The Morgan fingerprint density at radius 1 is 1.17 bits per heavy atom. The molecule has 0 amide bonds. The lowest BCUT2D eigenvalue weighted by Gasteiger charge is -2.14. The second-order valence-electron chi connectivity index (χ2n) is 6.50. The number of ether oxygens (including phenoxy) is 3. The molecule has 2 aromatic rings. The van der Waals surface area contributed by atoms with Gasteiger partial charge in [0, 0.05) is 13.1 Å². The molecule has 1 heterocycles. The van der Waals surface area contributed by atoms with Crippen molar-refractivity contribution in [3.8, 4) is 17.2 Å². The molecule has 3 N–H and O–H groups in total. The topological polar surface area (TPSA) is 84.3 Å². The van der Waals surface area contributed by atoms with E-state index < -0.39 is 6.10 Å². The first-order valence-corrected chi connectivity index (χ1v) is 9.61. The van der Waals surface area contributed by atoms with Crippen LogP contribution >= 0.6 is 0 Å². The zero-order valence-corrected chi connectivity index (χ0v) is 16.4. The van der Waals surface area contributed by atoms with Crippen molar-refractivity contribution in [2.24, 2.45) is 4.99 Å². The summed E-state index contributed by atoms with van der Waals surface area (Å²) in [5.74, 6) is 2.34. The van der Waals surface area contributed by atoms with Crippen LogP contribution < -0.4 is 24.8 Å². The smallest absolute Gasteiger partial charge is 0.231 e. The van der Waals surface area contributed by atoms with Gasteiger partial charge in [0.05, 0.1) is 6.54 Å². The number of nitrogens with zero attached hydrogens (tertiary/aromatic N) is 1. The molecule has 0 bridgehead atoms. The van der Waals surface area contributed by atoms with Crippen molar-refractivity contribution in [3.63, 3.8) is 0 Å². The van der Waals surface area contributed by atoms with Gasteiger partial charge in [-0.3, -0.25) is 4.99 Å². The van der Waals surface area contributed by atoms with E-state index in [1.807, 2.05) is 25.1 Å². The van der Waals surface area contributed by atoms with Crippen molar-refractivity contribution in [1.29, 1.82) is 0 Å². The first-order valence-electron chi connectivity index (χ1n) is 9.61. The summed E-state index contributed by atoms with van der Waals surface area (Å²) in [6.45, 7) is 3.88. The monoisotopic (exact) mass is 403 g/mol. The minimum Gasteiger partial charge on any atom is -0.491 e. The summed E-state index contributed by atoms with van der Waals surface area (Å²) in [5, 5.41) is 16.5. The number of hydrogen-bond donors (Lipinski definition) is 3. The Hall–Kier alpha value is -3.00. The average molecular weight is 403 g/mol. The molecule has 156 valence electrons. The number of hydrogen-bond acceptors (Lipinski definition) is 5. The zero-order chi connectivity index (χ0) is 20.5. The van der Waals surface area contributed by atoms with Gasteiger partial charge < -0.3 is 30.0 Å². The minimum atomic E-state index is -0.774. The maximum atomic E-state index is 12.9. The number of halogens is 1. The van der Waals surface area contributed by atoms with E-state index in [-0.39, 0.29) is 25.8 Å². The van der Waals surface area contributed by atoms with Crippen molar-refractivity contribution in [2.75, 3.05) is 33.0 Å². The quantitative estimate of drug-likeness (QED) is 0.439.